The molecule has 1 atom stereocenters. The lowest BCUT2D eigenvalue weighted by atomic mass is 10.2. The number of carboxylic acid groups (broad SMARTS) is 1. The van der Waals surface area contributed by atoms with E-state index in [0.717, 1.165) is 12.2 Å². The quantitative estimate of drug-likeness (QED) is 0.762. The van der Waals surface area contributed by atoms with Gasteiger partial charge in [-0.05, 0) is 25.6 Å². The Kier molecular flexibility index (Phi) is 6.73. The van der Waals surface area contributed by atoms with Gasteiger partial charge >= 0.3 is 5.97 Å². The fourth-order valence-electron chi connectivity index (χ4n) is 2.01. The van der Waals surface area contributed by atoms with Gasteiger partial charge in [-0.25, -0.2) is 0 Å². The van der Waals surface area contributed by atoms with E-state index in [0.29, 0.717) is 6.42 Å². The number of rotatable bonds is 8. The van der Waals surface area contributed by atoms with Gasteiger partial charge in [-0.15, -0.1) is 0 Å². The summed E-state index contributed by atoms with van der Waals surface area (Å²) in [5, 5.41) is 12.0. The Morgan fingerprint density at radius 2 is 1.95 bits per heavy atom. The van der Waals surface area contributed by atoms with Crippen molar-refractivity contribution in [3.63, 3.8) is 0 Å². The smallest absolute Gasteiger partial charge is 0.305 e. The molecule has 1 unspecified atom stereocenters. The average Bonchev–Trinajstić information content (AvgIpc) is 2.40. The zero-order valence-corrected chi connectivity index (χ0v) is 12.0. The molecule has 1 aromatic rings. The molecule has 0 saturated heterocycles. The molecule has 0 aliphatic carbocycles. The van der Waals surface area contributed by atoms with Crippen molar-refractivity contribution in [2.45, 2.75) is 32.7 Å². The second-order valence-electron chi connectivity index (χ2n) is 4.69. The number of amides is 1. The summed E-state index contributed by atoms with van der Waals surface area (Å²) in [4.78, 5) is 24.6. The second-order valence-corrected chi connectivity index (χ2v) is 4.69. The monoisotopic (exact) mass is 278 g/mol. The summed E-state index contributed by atoms with van der Waals surface area (Å²) < 4.78 is 0. The molecule has 0 aliphatic rings. The SMILES string of the molecule is CCNC(C)CC(=O)N(CCC(=O)O)c1ccccc1. The van der Waals surface area contributed by atoms with Crippen molar-refractivity contribution >= 4 is 17.6 Å². The van der Waals surface area contributed by atoms with Gasteiger partial charge in [0.25, 0.3) is 0 Å². The molecule has 0 aromatic heterocycles. The summed E-state index contributed by atoms with van der Waals surface area (Å²) in [6.07, 6.45) is 0.290. The van der Waals surface area contributed by atoms with Gasteiger partial charge in [-0.1, -0.05) is 25.1 Å². The van der Waals surface area contributed by atoms with Crippen LogP contribution in [-0.2, 0) is 9.59 Å². The van der Waals surface area contributed by atoms with E-state index in [1.165, 1.54) is 0 Å². The van der Waals surface area contributed by atoms with Crippen LogP contribution in [0.1, 0.15) is 26.7 Å². The number of nitrogens with zero attached hydrogens (tertiary/aromatic N) is 1. The van der Waals surface area contributed by atoms with Crippen molar-refractivity contribution < 1.29 is 14.7 Å². The fourth-order valence-corrected chi connectivity index (χ4v) is 2.01. The van der Waals surface area contributed by atoms with Crippen molar-refractivity contribution in [2.24, 2.45) is 0 Å². The van der Waals surface area contributed by atoms with E-state index in [2.05, 4.69) is 5.32 Å². The van der Waals surface area contributed by atoms with Crippen molar-refractivity contribution in [1.82, 2.24) is 5.32 Å². The molecule has 5 nitrogen and oxygen atoms in total. The molecule has 1 aromatic carbocycles. The molecule has 2 N–H and O–H groups in total. The highest BCUT2D eigenvalue weighted by Crippen LogP contribution is 2.15. The van der Waals surface area contributed by atoms with Crippen LogP contribution >= 0.6 is 0 Å². The van der Waals surface area contributed by atoms with Gasteiger partial charge in [0.05, 0.1) is 6.42 Å². The van der Waals surface area contributed by atoms with Crippen molar-refractivity contribution in [3.05, 3.63) is 30.3 Å². The van der Waals surface area contributed by atoms with Crippen LogP contribution in [0.4, 0.5) is 5.69 Å². The molecule has 0 radical (unpaired) electrons. The summed E-state index contributed by atoms with van der Waals surface area (Å²) >= 11 is 0. The molecule has 0 fully saturated rings. The Morgan fingerprint density at radius 3 is 2.50 bits per heavy atom. The molecule has 0 saturated carbocycles. The first kappa shape index (κ1) is 16.2. The predicted octanol–water partition coefficient (Wildman–Crippen LogP) is 1.88. The van der Waals surface area contributed by atoms with E-state index in [-0.39, 0.29) is 24.9 Å². The minimum atomic E-state index is -0.904. The van der Waals surface area contributed by atoms with Crippen molar-refractivity contribution in [1.29, 1.82) is 0 Å². The summed E-state index contributed by atoms with van der Waals surface area (Å²) in [6.45, 7) is 4.92. The molecular weight excluding hydrogens is 256 g/mol. The number of benzene rings is 1. The zero-order chi connectivity index (χ0) is 15.0. The van der Waals surface area contributed by atoms with Gasteiger partial charge in [0.1, 0.15) is 0 Å². The predicted molar refractivity (Wildman–Crippen MR) is 78.8 cm³/mol. The molecule has 0 aliphatic heterocycles. The van der Waals surface area contributed by atoms with Gasteiger partial charge < -0.3 is 15.3 Å². The number of carboxylic acids is 1. The van der Waals surface area contributed by atoms with E-state index < -0.39 is 5.97 Å². The first-order valence-corrected chi connectivity index (χ1v) is 6.85. The summed E-state index contributed by atoms with van der Waals surface area (Å²) in [6, 6.07) is 9.25. The normalized spacial score (nSPS) is 11.9. The maximum atomic E-state index is 12.3. The highest BCUT2D eigenvalue weighted by Gasteiger charge is 2.18. The van der Waals surface area contributed by atoms with Crippen LogP contribution < -0.4 is 10.2 Å². The van der Waals surface area contributed by atoms with E-state index in [1.807, 2.05) is 44.2 Å². The second kappa shape index (κ2) is 8.32. The Hall–Kier alpha value is -1.88. The van der Waals surface area contributed by atoms with Crippen LogP contribution in [0, 0.1) is 0 Å². The minimum Gasteiger partial charge on any atom is -0.481 e. The first-order chi connectivity index (χ1) is 9.54. The van der Waals surface area contributed by atoms with Crippen LogP contribution in [-0.4, -0.2) is 36.1 Å². The molecule has 20 heavy (non-hydrogen) atoms. The van der Waals surface area contributed by atoms with E-state index in [9.17, 15) is 9.59 Å². The third-order valence-electron chi connectivity index (χ3n) is 2.95. The summed E-state index contributed by atoms with van der Waals surface area (Å²) in [5.74, 6) is -0.968. The Labute approximate surface area is 119 Å². The number of nitrogens with one attached hydrogen (secondary N) is 1. The van der Waals surface area contributed by atoms with Gasteiger partial charge in [0, 0.05) is 24.7 Å². The fraction of sp³-hybridized carbons (Fsp3) is 0.467. The van der Waals surface area contributed by atoms with Gasteiger partial charge in [0.15, 0.2) is 0 Å². The summed E-state index contributed by atoms with van der Waals surface area (Å²) in [5.41, 5.74) is 0.738. The maximum Gasteiger partial charge on any atom is 0.305 e. The standard InChI is InChI=1S/C15H22N2O3/c1-3-16-12(2)11-14(18)17(10-9-15(19)20)13-7-5-4-6-8-13/h4-8,12,16H,3,9-11H2,1-2H3,(H,19,20). The van der Waals surface area contributed by atoms with Crippen LogP contribution in [0.25, 0.3) is 0 Å². The Balaban J connectivity index is 2.76. The molecule has 1 amide bonds. The van der Waals surface area contributed by atoms with Gasteiger partial charge in [-0.2, -0.15) is 0 Å². The third-order valence-corrected chi connectivity index (χ3v) is 2.95. The van der Waals surface area contributed by atoms with Crippen LogP contribution in [0.15, 0.2) is 30.3 Å². The van der Waals surface area contributed by atoms with Crippen molar-refractivity contribution in [3.8, 4) is 0 Å². The van der Waals surface area contributed by atoms with Gasteiger partial charge in [0.2, 0.25) is 5.91 Å². The minimum absolute atomic E-state index is 0.0593. The number of aliphatic carboxylic acids is 1. The number of hydrogen-bond donors (Lipinski definition) is 2. The summed E-state index contributed by atoms with van der Waals surface area (Å²) in [7, 11) is 0. The average molecular weight is 278 g/mol. The van der Waals surface area contributed by atoms with Crippen LogP contribution in [0.2, 0.25) is 0 Å². The lowest BCUT2D eigenvalue weighted by Crippen LogP contribution is -2.38. The van der Waals surface area contributed by atoms with Gasteiger partial charge in [-0.3, -0.25) is 9.59 Å². The number of carbonyl (C=O) groups is 2. The Morgan fingerprint density at radius 1 is 1.30 bits per heavy atom. The molecule has 1 rings (SSSR count). The molecule has 0 bridgehead atoms. The molecule has 0 spiro atoms. The maximum absolute atomic E-state index is 12.3. The number of anilines is 1. The first-order valence-electron chi connectivity index (χ1n) is 6.85. The lowest BCUT2D eigenvalue weighted by Gasteiger charge is -2.24. The molecule has 5 heteroatoms. The largest absolute Gasteiger partial charge is 0.481 e. The molecular formula is C15H22N2O3. The van der Waals surface area contributed by atoms with Crippen molar-refractivity contribution in [2.75, 3.05) is 18.0 Å². The highest BCUT2D eigenvalue weighted by molar-refractivity contribution is 5.94. The topological polar surface area (TPSA) is 69.6 Å². The Bertz CT molecular complexity index is 434. The number of para-hydroxylation sites is 1. The van der Waals surface area contributed by atoms with E-state index in [1.54, 1.807) is 4.90 Å². The van der Waals surface area contributed by atoms with Crippen LogP contribution in [0.5, 0.6) is 0 Å². The van der Waals surface area contributed by atoms with E-state index in [4.69, 9.17) is 5.11 Å². The number of carbonyl (C=O) groups excluding carboxylic acids is 1. The zero-order valence-electron chi connectivity index (χ0n) is 12.0. The van der Waals surface area contributed by atoms with Crippen LogP contribution in [0.3, 0.4) is 0 Å². The molecule has 0 heterocycles. The lowest BCUT2D eigenvalue weighted by molar-refractivity contribution is -0.136. The third kappa shape index (κ3) is 5.40. The molecule has 110 valence electrons. The van der Waals surface area contributed by atoms with E-state index >= 15 is 0 Å². The highest BCUT2D eigenvalue weighted by atomic mass is 16.4. The number of hydrogen-bond acceptors (Lipinski definition) is 3.